The summed E-state index contributed by atoms with van der Waals surface area (Å²) in [5.41, 5.74) is 2.41. The van der Waals surface area contributed by atoms with Gasteiger partial charge in [-0.25, -0.2) is 17.2 Å². The maximum absolute atomic E-state index is 14.4. The van der Waals surface area contributed by atoms with Crippen molar-refractivity contribution in [3.8, 4) is 0 Å². The van der Waals surface area contributed by atoms with E-state index in [1.54, 1.807) is 4.90 Å². The van der Waals surface area contributed by atoms with Crippen LogP contribution in [-0.2, 0) is 15.6 Å². The Morgan fingerprint density at radius 3 is 2.74 bits per heavy atom. The lowest BCUT2D eigenvalue weighted by Crippen LogP contribution is -2.39. The van der Waals surface area contributed by atoms with Crippen molar-refractivity contribution in [3.63, 3.8) is 0 Å². The van der Waals surface area contributed by atoms with Gasteiger partial charge in [-0.1, -0.05) is 41.6 Å². The fraction of sp³-hybridized carbons (Fsp3) is 0.316. The van der Waals surface area contributed by atoms with Crippen molar-refractivity contribution in [1.29, 1.82) is 0 Å². The molecule has 0 spiro atoms. The van der Waals surface area contributed by atoms with E-state index < -0.39 is 33.6 Å². The predicted octanol–water partition coefficient (Wildman–Crippen LogP) is 3.55. The fourth-order valence-electron chi connectivity index (χ4n) is 3.54. The lowest BCUT2D eigenvalue weighted by Gasteiger charge is -2.26. The number of amidine groups is 1. The number of nitrogens with zero attached hydrogens (tertiary/aromatic N) is 2. The molecule has 0 amide bonds. The number of thioether (sulfide) groups is 1. The number of anilines is 1. The van der Waals surface area contributed by atoms with E-state index in [4.69, 9.17) is 0 Å². The Balaban J connectivity index is 1.65. The second kappa shape index (κ2) is 6.91. The third-order valence-corrected chi connectivity index (χ3v) is 7.46. The van der Waals surface area contributed by atoms with Crippen LogP contribution in [0.15, 0.2) is 47.5 Å². The monoisotopic (exact) mass is 408 g/mol. The van der Waals surface area contributed by atoms with E-state index in [-0.39, 0.29) is 17.2 Å². The number of rotatable bonds is 3. The summed E-state index contributed by atoms with van der Waals surface area (Å²) in [5.74, 6) is -0.870. The zero-order chi connectivity index (χ0) is 19.2. The van der Waals surface area contributed by atoms with E-state index in [9.17, 15) is 17.2 Å². The Kier molecular flexibility index (Phi) is 4.71. The first-order chi connectivity index (χ1) is 12.8. The highest BCUT2D eigenvalue weighted by Crippen LogP contribution is 2.37. The average Bonchev–Trinajstić information content (AvgIpc) is 3.05. The number of hydrogen-bond acceptors (Lipinski definition) is 5. The molecule has 2 aliphatic heterocycles. The van der Waals surface area contributed by atoms with Gasteiger partial charge in [0.2, 0.25) is 0 Å². The molecule has 2 aromatic rings. The Bertz CT molecular complexity index is 1020. The van der Waals surface area contributed by atoms with Crippen molar-refractivity contribution >= 4 is 32.5 Å². The summed E-state index contributed by atoms with van der Waals surface area (Å²) in [4.78, 5) is 6.20. The smallest absolute Gasteiger partial charge is 0.164 e. The van der Waals surface area contributed by atoms with Gasteiger partial charge in [-0.2, -0.15) is 0 Å². The highest BCUT2D eigenvalue weighted by molar-refractivity contribution is 8.13. The lowest BCUT2D eigenvalue weighted by atomic mass is 10.1. The fourth-order valence-corrected chi connectivity index (χ4v) is 6.44. The minimum absolute atomic E-state index is 0.0362. The standard InChI is InChI=1S/C19H18F2N2O2S2/c1-12-3-2-4-13(7-12)9-26-19-22-16-10-27(24,25)11-18(16)23(19)17-6-5-14(20)8-15(17)21/h2-8,16,18H,9-11H2,1H3/t16-,18+/m0/s1. The molecule has 8 heteroatoms. The third-order valence-electron chi connectivity index (χ3n) is 4.73. The zero-order valence-corrected chi connectivity index (χ0v) is 16.2. The van der Waals surface area contributed by atoms with Crippen molar-refractivity contribution in [2.45, 2.75) is 24.8 Å². The van der Waals surface area contributed by atoms with Crippen molar-refractivity contribution in [3.05, 3.63) is 65.2 Å². The Morgan fingerprint density at radius 1 is 1.19 bits per heavy atom. The lowest BCUT2D eigenvalue weighted by molar-refractivity contribution is 0.577. The number of aliphatic imine (C=N–C) groups is 1. The minimum Gasteiger partial charge on any atom is -0.312 e. The first kappa shape index (κ1) is 18.4. The number of aryl methyl sites for hydroxylation is 1. The van der Waals surface area contributed by atoms with Gasteiger partial charge in [0.1, 0.15) is 11.6 Å². The first-order valence-electron chi connectivity index (χ1n) is 8.53. The molecule has 27 heavy (non-hydrogen) atoms. The van der Waals surface area contributed by atoms with Gasteiger partial charge in [0.05, 0.1) is 29.3 Å². The molecule has 0 aromatic heterocycles. The summed E-state index contributed by atoms with van der Waals surface area (Å²) in [6.07, 6.45) is 0. The van der Waals surface area contributed by atoms with E-state index in [1.807, 2.05) is 25.1 Å². The van der Waals surface area contributed by atoms with E-state index in [0.29, 0.717) is 10.9 Å². The molecule has 4 rings (SSSR count). The Labute approximate surface area is 161 Å². The van der Waals surface area contributed by atoms with Crippen molar-refractivity contribution < 1.29 is 17.2 Å². The number of halogens is 2. The largest absolute Gasteiger partial charge is 0.312 e. The molecule has 0 bridgehead atoms. The maximum atomic E-state index is 14.4. The van der Waals surface area contributed by atoms with E-state index in [0.717, 1.165) is 17.2 Å². The number of benzene rings is 2. The molecule has 0 aliphatic carbocycles. The Morgan fingerprint density at radius 2 is 2.00 bits per heavy atom. The quantitative estimate of drug-likeness (QED) is 0.779. The molecule has 1 saturated heterocycles. The van der Waals surface area contributed by atoms with Crippen LogP contribution in [0.1, 0.15) is 11.1 Å². The molecular weight excluding hydrogens is 390 g/mol. The minimum atomic E-state index is -3.22. The topological polar surface area (TPSA) is 49.7 Å². The zero-order valence-electron chi connectivity index (χ0n) is 14.6. The Hall–Kier alpha value is -1.93. The summed E-state index contributed by atoms with van der Waals surface area (Å²) in [7, 11) is -3.22. The van der Waals surface area contributed by atoms with Crippen LogP contribution in [-0.4, -0.2) is 37.2 Å². The van der Waals surface area contributed by atoms with Crippen molar-refractivity contribution in [1.82, 2.24) is 0 Å². The van der Waals surface area contributed by atoms with Crippen LogP contribution in [0.2, 0.25) is 0 Å². The summed E-state index contributed by atoms with van der Waals surface area (Å²) >= 11 is 1.44. The summed E-state index contributed by atoms with van der Waals surface area (Å²) < 4.78 is 51.8. The van der Waals surface area contributed by atoms with Gasteiger partial charge in [0, 0.05) is 11.8 Å². The number of hydrogen-bond donors (Lipinski definition) is 0. The van der Waals surface area contributed by atoms with Crippen molar-refractivity contribution in [2.24, 2.45) is 4.99 Å². The SMILES string of the molecule is Cc1cccc(CSC2=N[C@H]3CS(=O)(=O)C[C@H]3N2c2ccc(F)cc2F)c1. The van der Waals surface area contributed by atoms with E-state index in [2.05, 4.69) is 11.1 Å². The van der Waals surface area contributed by atoms with Crippen LogP contribution in [0.4, 0.5) is 14.5 Å². The van der Waals surface area contributed by atoms with Crippen LogP contribution in [0.25, 0.3) is 0 Å². The molecule has 4 nitrogen and oxygen atoms in total. The molecule has 2 heterocycles. The van der Waals surface area contributed by atoms with E-state index >= 15 is 0 Å². The second-order valence-corrected chi connectivity index (χ2v) is 9.96. The number of fused-ring (bicyclic) bond motifs is 1. The van der Waals surface area contributed by atoms with Crippen LogP contribution >= 0.6 is 11.8 Å². The van der Waals surface area contributed by atoms with Crippen LogP contribution in [0.5, 0.6) is 0 Å². The molecule has 142 valence electrons. The molecule has 0 radical (unpaired) electrons. The predicted molar refractivity (Wildman–Crippen MR) is 105 cm³/mol. The highest BCUT2D eigenvalue weighted by atomic mass is 32.2. The molecule has 0 saturated carbocycles. The summed E-state index contributed by atoms with van der Waals surface area (Å²) in [6, 6.07) is 10.5. The summed E-state index contributed by atoms with van der Waals surface area (Å²) in [6.45, 7) is 2.01. The molecular formula is C19H18F2N2O2S2. The molecule has 2 aliphatic rings. The average molecular weight is 408 g/mol. The van der Waals surface area contributed by atoms with Gasteiger partial charge in [-0.3, -0.25) is 4.99 Å². The number of sulfone groups is 1. The summed E-state index contributed by atoms with van der Waals surface area (Å²) in [5, 5.41) is 0.576. The van der Waals surface area contributed by atoms with Gasteiger partial charge in [0.15, 0.2) is 15.0 Å². The highest BCUT2D eigenvalue weighted by Gasteiger charge is 2.47. The van der Waals surface area contributed by atoms with Gasteiger partial charge >= 0.3 is 0 Å². The van der Waals surface area contributed by atoms with Gasteiger partial charge < -0.3 is 4.90 Å². The molecule has 0 N–H and O–H groups in total. The van der Waals surface area contributed by atoms with Gasteiger partial charge in [-0.05, 0) is 24.6 Å². The van der Waals surface area contributed by atoms with Gasteiger partial charge in [-0.15, -0.1) is 0 Å². The van der Waals surface area contributed by atoms with Gasteiger partial charge in [0.25, 0.3) is 0 Å². The molecule has 1 fully saturated rings. The third kappa shape index (κ3) is 3.73. The van der Waals surface area contributed by atoms with Crippen LogP contribution < -0.4 is 4.90 Å². The maximum Gasteiger partial charge on any atom is 0.164 e. The molecule has 2 atom stereocenters. The van der Waals surface area contributed by atoms with E-state index in [1.165, 1.54) is 23.9 Å². The van der Waals surface area contributed by atoms with Crippen LogP contribution in [0, 0.1) is 18.6 Å². The first-order valence-corrected chi connectivity index (χ1v) is 11.3. The van der Waals surface area contributed by atoms with Crippen LogP contribution in [0.3, 0.4) is 0 Å². The molecule has 2 aromatic carbocycles. The second-order valence-electron chi connectivity index (χ2n) is 6.87. The molecule has 0 unspecified atom stereocenters. The normalized spacial score (nSPS) is 23.4. The van der Waals surface area contributed by atoms with Crippen molar-refractivity contribution in [2.75, 3.05) is 16.4 Å².